The largest absolute Gasteiger partial charge is 0.507 e. The highest BCUT2D eigenvalue weighted by Gasteiger charge is 2.22. The van der Waals surface area contributed by atoms with Crippen LogP contribution in [0.2, 0.25) is 0 Å². The van der Waals surface area contributed by atoms with E-state index in [0.717, 1.165) is 0 Å². The number of benzene rings is 1. The van der Waals surface area contributed by atoms with E-state index in [1.54, 1.807) is 26.8 Å². The number of nitriles is 1. The van der Waals surface area contributed by atoms with E-state index in [2.05, 4.69) is 0 Å². The first-order valence-corrected chi connectivity index (χ1v) is 5.33. The quantitative estimate of drug-likeness (QED) is 0.813. The molecule has 0 aliphatic carbocycles. The van der Waals surface area contributed by atoms with Gasteiger partial charge in [-0.2, -0.15) is 5.26 Å². The first kappa shape index (κ1) is 13.8. The fourth-order valence-corrected chi connectivity index (χ4v) is 1.32. The molecule has 0 unspecified atom stereocenters. The van der Waals surface area contributed by atoms with Crippen molar-refractivity contribution in [2.24, 2.45) is 0 Å². The summed E-state index contributed by atoms with van der Waals surface area (Å²) in [5, 5.41) is 18.3. The van der Waals surface area contributed by atoms with E-state index < -0.39 is 11.6 Å². The van der Waals surface area contributed by atoms with Crippen molar-refractivity contribution >= 4 is 5.97 Å². The Morgan fingerprint density at radius 2 is 2.00 bits per heavy atom. The van der Waals surface area contributed by atoms with Gasteiger partial charge in [-0.1, -0.05) is 0 Å². The van der Waals surface area contributed by atoms with E-state index in [-0.39, 0.29) is 22.6 Å². The molecule has 96 valence electrons. The highest BCUT2D eigenvalue weighted by molar-refractivity contribution is 5.93. The van der Waals surface area contributed by atoms with E-state index in [4.69, 9.17) is 14.7 Å². The molecule has 0 aliphatic rings. The number of methoxy groups -OCH3 is 1. The number of aromatic hydroxyl groups is 1. The third kappa shape index (κ3) is 3.14. The number of hydrogen-bond acceptors (Lipinski definition) is 5. The van der Waals surface area contributed by atoms with Crippen LogP contribution in [-0.2, 0) is 4.74 Å². The Morgan fingerprint density at radius 3 is 2.44 bits per heavy atom. The number of ether oxygens (including phenoxy) is 2. The Balaban J connectivity index is 3.21. The standard InChI is InChI=1S/C13H15NO4/c1-13(2,3)18-12(16)9-6-10(15)8(7-14)5-11(9)17-4/h5-6,15H,1-4H3. The van der Waals surface area contributed by atoms with Gasteiger partial charge in [0.15, 0.2) is 0 Å². The molecule has 0 saturated carbocycles. The normalized spacial score (nSPS) is 10.6. The summed E-state index contributed by atoms with van der Waals surface area (Å²) < 4.78 is 10.2. The second kappa shape index (κ2) is 4.96. The van der Waals surface area contributed by atoms with Crippen molar-refractivity contribution < 1.29 is 19.4 Å². The van der Waals surface area contributed by atoms with Gasteiger partial charge in [-0.3, -0.25) is 0 Å². The molecule has 1 N–H and O–H groups in total. The zero-order valence-electron chi connectivity index (χ0n) is 10.8. The molecule has 0 bridgehead atoms. The smallest absolute Gasteiger partial charge is 0.342 e. The van der Waals surface area contributed by atoms with Crippen LogP contribution in [0.15, 0.2) is 12.1 Å². The number of carbonyl (C=O) groups excluding carboxylic acids is 1. The van der Waals surface area contributed by atoms with Crippen LogP contribution in [0.1, 0.15) is 36.7 Å². The van der Waals surface area contributed by atoms with Gasteiger partial charge in [0.25, 0.3) is 0 Å². The molecule has 0 heterocycles. The molecule has 1 rings (SSSR count). The third-order valence-electron chi connectivity index (χ3n) is 2.06. The molecule has 0 atom stereocenters. The molecule has 1 aromatic rings. The van der Waals surface area contributed by atoms with Gasteiger partial charge in [-0.25, -0.2) is 4.79 Å². The molecule has 0 amide bonds. The molecular formula is C13H15NO4. The van der Waals surface area contributed by atoms with E-state index in [9.17, 15) is 9.90 Å². The Hall–Kier alpha value is -2.22. The lowest BCUT2D eigenvalue weighted by Crippen LogP contribution is -2.24. The fraction of sp³-hybridized carbons (Fsp3) is 0.385. The maximum Gasteiger partial charge on any atom is 0.342 e. The van der Waals surface area contributed by atoms with Gasteiger partial charge in [0.05, 0.1) is 12.7 Å². The number of rotatable bonds is 2. The molecule has 1 aromatic carbocycles. The maximum atomic E-state index is 11.9. The molecule has 18 heavy (non-hydrogen) atoms. The Bertz CT molecular complexity index is 509. The minimum Gasteiger partial charge on any atom is -0.507 e. The number of hydrogen-bond donors (Lipinski definition) is 1. The number of phenolic OH excluding ortho intramolecular Hbond substituents is 1. The molecule has 0 aliphatic heterocycles. The average molecular weight is 249 g/mol. The lowest BCUT2D eigenvalue weighted by atomic mass is 10.1. The van der Waals surface area contributed by atoms with E-state index in [1.165, 1.54) is 19.2 Å². The topological polar surface area (TPSA) is 79.5 Å². The predicted molar refractivity (Wildman–Crippen MR) is 64.5 cm³/mol. The van der Waals surface area contributed by atoms with E-state index in [1.807, 2.05) is 0 Å². The number of nitrogens with zero attached hydrogens (tertiary/aromatic N) is 1. The molecule has 0 spiro atoms. The monoisotopic (exact) mass is 249 g/mol. The zero-order valence-corrected chi connectivity index (χ0v) is 10.8. The molecular weight excluding hydrogens is 234 g/mol. The SMILES string of the molecule is COc1cc(C#N)c(O)cc1C(=O)OC(C)(C)C. The number of phenols is 1. The van der Waals surface area contributed by atoms with Crippen molar-refractivity contribution in [3.05, 3.63) is 23.3 Å². The summed E-state index contributed by atoms with van der Waals surface area (Å²) >= 11 is 0. The first-order chi connectivity index (χ1) is 8.28. The van der Waals surface area contributed by atoms with Gasteiger partial charge < -0.3 is 14.6 Å². The molecule has 5 heteroatoms. The van der Waals surface area contributed by atoms with Crippen molar-refractivity contribution in [3.63, 3.8) is 0 Å². The van der Waals surface area contributed by atoms with Crippen LogP contribution in [0.25, 0.3) is 0 Å². The van der Waals surface area contributed by atoms with Crippen LogP contribution in [-0.4, -0.2) is 23.8 Å². The van der Waals surface area contributed by atoms with Crippen LogP contribution in [0, 0.1) is 11.3 Å². The minimum atomic E-state index is -0.647. The Morgan fingerprint density at radius 1 is 1.39 bits per heavy atom. The summed E-state index contributed by atoms with van der Waals surface area (Å²) in [5.74, 6) is -0.697. The van der Waals surface area contributed by atoms with Crippen LogP contribution in [0.4, 0.5) is 0 Å². The van der Waals surface area contributed by atoms with Crippen molar-refractivity contribution in [1.82, 2.24) is 0 Å². The predicted octanol–water partition coefficient (Wildman–Crippen LogP) is 2.23. The Kier molecular flexibility index (Phi) is 3.82. The van der Waals surface area contributed by atoms with Gasteiger partial charge in [0, 0.05) is 6.07 Å². The van der Waals surface area contributed by atoms with Crippen molar-refractivity contribution in [3.8, 4) is 17.6 Å². The molecule has 0 fully saturated rings. The fourth-order valence-electron chi connectivity index (χ4n) is 1.32. The van der Waals surface area contributed by atoms with Gasteiger partial charge in [0.1, 0.15) is 28.7 Å². The van der Waals surface area contributed by atoms with E-state index in [0.29, 0.717) is 0 Å². The van der Waals surface area contributed by atoms with E-state index >= 15 is 0 Å². The van der Waals surface area contributed by atoms with Crippen LogP contribution < -0.4 is 4.74 Å². The third-order valence-corrected chi connectivity index (χ3v) is 2.06. The summed E-state index contributed by atoms with van der Waals surface area (Å²) in [4.78, 5) is 11.9. The first-order valence-electron chi connectivity index (χ1n) is 5.33. The van der Waals surface area contributed by atoms with Crippen LogP contribution >= 0.6 is 0 Å². The molecule has 5 nitrogen and oxygen atoms in total. The summed E-state index contributed by atoms with van der Waals surface area (Å²) in [6.45, 7) is 5.21. The molecule has 0 aromatic heterocycles. The highest BCUT2D eigenvalue weighted by atomic mass is 16.6. The Labute approximate surface area is 106 Å². The van der Waals surface area contributed by atoms with Crippen molar-refractivity contribution in [2.75, 3.05) is 7.11 Å². The van der Waals surface area contributed by atoms with Crippen LogP contribution in [0.5, 0.6) is 11.5 Å². The maximum absolute atomic E-state index is 11.9. The lowest BCUT2D eigenvalue weighted by molar-refractivity contribution is 0.00661. The summed E-state index contributed by atoms with van der Waals surface area (Å²) in [6, 6.07) is 4.27. The van der Waals surface area contributed by atoms with Crippen LogP contribution in [0.3, 0.4) is 0 Å². The number of carbonyl (C=O) groups is 1. The molecule has 0 saturated heterocycles. The summed E-state index contributed by atoms with van der Waals surface area (Å²) in [6.07, 6.45) is 0. The second-order valence-corrected chi connectivity index (χ2v) is 4.68. The lowest BCUT2D eigenvalue weighted by Gasteiger charge is -2.20. The second-order valence-electron chi connectivity index (χ2n) is 4.68. The zero-order chi connectivity index (χ0) is 13.9. The van der Waals surface area contributed by atoms with Crippen molar-refractivity contribution in [2.45, 2.75) is 26.4 Å². The highest BCUT2D eigenvalue weighted by Crippen LogP contribution is 2.29. The van der Waals surface area contributed by atoms with Gasteiger partial charge in [0.2, 0.25) is 0 Å². The minimum absolute atomic E-state index is 0.0409. The van der Waals surface area contributed by atoms with Gasteiger partial charge >= 0.3 is 5.97 Å². The molecule has 0 radical (unpaired) electrons. The van der Waals surface area contributed by atoms with Crippen molar-refractivity contribution in [1.29, 1.82) is 5.26 Å². The average Bonchev–Trinajstić information content (AvgIpc) is 2.26. The number of esters is 1. The summed E-state index contributed by atoms with van der Waals surface area (Å²) in [7, 11) is 1.38. The summed E-state index contributed by atoms with van der Waals surface area (Å²) in [5.41, 5.74) is -0.519. The van der Waals surface area contributed by atoms with Gasteiger partial charge in [-0.15, -0.1) is 0 Å². The van der Waals surface area contributed by atoms with Gasteiger partial charge in [-0.05, 0) is 26.8 Å².